The molecule has 0 aromatic heterocycles. The zero-order valence-electron chi connectivity index (χ0n) is 10.8. The summed E-state index contributed by atoms with van der Waals surface area (Å²) in [5, 5.41) is 0. The Labute approximate surface area is 101 Å². The minimum Gasteiger partial charge on any atom is -0.0942 e. The second kappa shape index (κ2) is 4.00. The van der Waals surface area contributed by atoms with E-state index in [0.717, 1.165) is 11.1 Å². The largest absolute Gasteiger partial charge is 0.0942 e. The van der Waals surface area contributed by atoms with Gasteiger partial charge in [-0.1, -0.05) is 74.0 Å². The van der Waals surface area contributed by atoms with Crippen molar-refractivity contribution >= 4 is 16.1 Å². The van der Waals surface area contributed by atoms with Crippen molar-refractivity contribution in [3.63, 3.8) is 0 Å². The molecule has 0 aromatic rings. The first-order chi connectivity index (χ1) is 7.43. The van der Waals surface area contributed by atoms with E-state index >= 15 is 0 Å². The van der Waals surface area contributed by atoms with E-state index < -0.39 is 16.1 Å². The zero-order chi connectivity index (χ0) is 11.8. The van der Waals surface area contributed by atoms with E-state index in [1.165, 1.54) is 0 Å². The third kappa shape index (κ3) is 2.09. The van der Waals surface area contributed by atoms with E-state index in [0.29, 0.717) is 0 Å². The molecule has 86 valence electrons. The Morgan fingerprint density at radius 3 is 1.31 bits per heavy atom. The van der Waals surface area contributed by atoms with E-state index in [2.05, 4.69) is 74.0 Å². The van der Waals surface area contributed by atoms with Crippen molar-refractivity contribution in [3.05, 3.63) is 47.9 Å². The highest BCUT2D eigenvalue weighted by Crippen LogP contribution is 2.46. The fourth-order valence-electron chi connectivity index (χ4n) is 2.86. The van der Waals surface area contributed by atoms with Crippen LogP contribution >= 0.6 is 0 Å². The van der Waals surface area contributed by atoms with Gasteiger partial charge in [-0.05, 0) is 11.1 Å². The van der Waals surface area contributed by atoms with Crippen LogP contribution in [0.25, 0.3) is 0 Å². The molecule has 0 fully saturated rings. The summed E-state index contributed by atoms with van der Waals surface area (Å²) >= 11 is 0. The molecule has 0 saturated heterocycles. The van der Waals surface area contributed by atoms with Gasteiger partial charge in [-0.3, -0.25) is 0 Å². The van der Waals surface area contributed by atoms with Gasteiger partial charge in [0.2, 0.25) is 0 Å². The summed E-state index contributed by atoms with van der Waals surface area (Å²) in [6, 6.07) is 0. The van der Waals surface area contributed by atoms with Gasteiger partial charge in [0.15, 0.2) is 0 Å². The van der Waals surface area contributed by atoms with Gasteiger partial charge in [-0.25, -0.2) is 0 Å². The van der Waals surface area contributed by atoms with Crippen molar-refractivity contribution in [3.8, 4) is 0 Å². The van der Waals surface area contributed by atoms with Crippen LogP contribution in [0.3, 0.4) is 0 Å². The molecule has 0 bridgehead atoms. The molecule has 0 saturated carbocycles. The van der Waals surface area contributed by atoms with E-state index in [9.17, 15) is 0 Å². The highest BCUT2D eigenvalue weighted by Gasteiger charge is 2.41. The second-order valence-electron chi connectivity index (χ2n) is 6.18. The first kappa shape index (κ1) is 11.9. The summed E-state index contributed by atoms with van der Waals surface area (Å²) in [5.41, 5.74) is 6.57. The van der Waals surface area contributed by atoms with Gasteiger partial charge in [-0.2, -0.15) is 0 Å². The van der Waals surface area contributed by atoms with Crippen LogP contribution in [0.2, 0.25) is 37.3 Å². The number of rotatable bonds is 1. The molecular weight excluding hydrogens is 224 g/mol. The Morgan fingerprint density at radius 1 is 0.625 bits per heavy atom. The topological polar surface area (TPSA) is 0 Å². The molecule has 0 aromatic carbocycles. The molecule has 0 radical (unpaired) electrons. The quantitative estimate of drug-likeness (QED) is 0.599. The van der Waals surface area contributed by atoms with Crippen molar-refractivity contribution in [2.24, 2.45) is 0 Å². The molecule has 0 aliphatic carbocycles. The van der Waals surface area contributed by atoms with Crippen molar-refractivity contribution in [2.75, 3.05) is 0 Å². The van der Waals surface area contributed by atoms with Crippen LogP contribution in [-0.4, -0.2) is 16.1 Å². The van der Waals surface area contributed by atoms with Crippen LogP contribution in [-0.2, 0) is 0 Å². The lowest BCUT2D eigenvalue weighted by atomic mass is 10.2. The van der Waals surface area contributed by atoms with E-state index in [4.69, 9.17) is 0 Å². The first-order valence-electron chi connectivity index (χ1n) is 6.15. The minimum absolute atomic E-state index is 0.792. The third-order valence-electron chi connectivity index (χ3n) is 4.02. The molecule has 0 N–H and O–H groups in total. The fraction of sp³-hybridized carbons (Fsp3) is 0.429. The normalized spacial score (nSPS) is 34.2. The average molecular weight is 247 g/mol. The lowest BCUT2D eigenvalue weighted by Gasteiger charge is -2.41. The molecule has 0 nitrogen and oxygen atoms in total. The van der Waals surface area contributed by atoms with E-state index in [1.807, 2.05) is 0 Å². The van der Waals surface area contributed by atoms with E-state index in [1.54, 1.807) is 0 Å². The van der Waals surface area contributed by atoms with Crippen LogP contribution < -0.4 is 0 Å². The summed E-state index contributed by atoms with van der Waals surface area (Å²) in [5.74, 6) is 0. The van der Waals surface area contributed by atoms with Gasteiger partial charge in [0.25, 0.3) is 0 Å². The van der Waals surface area contributed by atoms with Crippen molar-refractivity contribution in [2.45, 2.75) is 37.3 Å². The SMILES string of the molecule is C[Si]1(C)C=CC=CC1C1C=CC=C[Si]1(C)C. The maximum absolute atomic E-state index is 2.49. The average Bonchev–Trinajstić information content (AvgIpc) is 2.18. The molecule has 0 spiro atoms. The highest BCUT2D eigenvalue weighted by molar-refractivity contribution is 6.90. The summed E-state index contributed by atoms with van der Waals surface area (Å²) in [7, 11) is -2.43. The number of allylic oxidation sites excluding steroid dienone is 6. The van der Waals surface area contributed by atoms with Crippen LogP contribution in [0.1, 0.15) is 0 Å². The van der Waals surface area contributed by atoms with Crippen molar-refractivity contribution < 1.29 is 0 Å². The second-order valence-corrected chi connectivity index (χ2v) is 15.5. The Bertz CT molecular complexity index is 346. The van der Waals surface area contributed by atoms with Crippen LogP contribution in [0, 0.1) is 0 Å². The number of hydrogen-bond donors (Lipinski definition) is 0. The monoisotopic (exact) mass is 246 g/mol. The molecule has 2 aliphatic rings. The zero-order valence-corrected chi connectivity index (χ0v) is 12.8. The van der Waals surface area contributed by atoms with Gasteiger partial charge in [0, 0.05) is 0 Å². The van der Waals surface area contributed by atoms with Gasteiger partial charge < -0.3 is 0 Å². The van der Waals surface area contributed by atoms with Gasteiger partial charge in [-0.15, -0.1) is 0 Å². The van der Waals surface area contributed by atoms with Gasteiger partial charge >= 0.3 is 0 Å². The maximum Gasteiger partial charge on any atom is 0.0788 e. The van der Waals surface area contributed by atoms with Crippen molar-refractivity contribution in [1.82, 2.24) is 0 Å². The summed E-state index contributed by atoms with van der Waals surface area (Å²) in [6.45, 7) is 9.98. The number of hydrogen-bond acceptors (Lipinski definition) is 0. The molecule has 2 unspecified atom stereocenters. The first-order valence-corrected chi connectivity index (χ1v) is 12.5. The third-order valence-corrected chi connectivity index (χ3v) is 11.0. The Balaban J connectivity index is 2.32. The molecule has 2 atom stereocenters. The summed E-state index contributed by atoms with van der Waals surface area (Å²) < 4.78 is 0. The van der Waals surface area contributed by atoms with Gasteiger partial charge in [0.05, 0.1) is 16.1 Å². The highest BCUT2D eigenvalue weighted by atomic mass is 28.3. The maximum atomic E-state index is 2.49. The lowest BCUT2D eigenvalue weighted by Crippen LogP contribution is -2.42. The smallest absolute Gasteiger partial charge is 0.0788 e. The molecular formula is C14H22Si2. The lowest BCUT2D eigenvalue weighted by molar-refractivity contribution is 0.947. The Hall–Kier alpha value is -0.606. The van der Waals surface area contributed by atoms with Crippen LogP contribution in [0.5, 0.6) is 0 Å². The molecule has 2 heterocycles. The van der Waals surface area contributed by atoms with Crippen LogP contribution in [0.4, 0.5) is 0 Å². The van der Waals surface area contributed by atoms with Crippen molar-refractivity contribution in [1.29, 1.82) is 0 Å². The summed E-state index contributed by atoms with van der Waals surface area (Å²) in [4.78, 5) is 0. The molecule has 2 aliphatic heterocycles. The Morgan fingerprint density at radius 2 is 1.00 bits per heavy atom. The predicted molar refractivity (Wildman–Crippen MR) is 79.0 cm³/mol. The van der Waals surface area contributed by atoms with Gasteiger partial charge in [0.1, 0.15) is 0 Å². The Kier molecular flexibility index (Phi) is 2.97. The molecule has 2 rings (SSSR count). The predicted octanol–water partition coefficient (Wildman–Crippen LogP) is 4.47. The fourth-order valence-corrected chi connectivity index (χ4v) is 10.4. The standard InChI is InChI=1S/C14H22Si2/c1-15(2)11-7-5-9-13(15)14-10-6-8-12-16(14,3)4/h5-14H,1-4H3. The molecule has 2 heteroatoms. The summed E-state index contributed by atoms with van der Waals surface area (Å²) in [6.07, 6.45) is 13.9. The van der Waals surface area contributed by atoms with E-state index in [-0.39, 0.29) is 0 Å². The molecule has 16 heavy (non-hydrogen) atoms. The van der Waals surface area contributed by atoms with Crippen LogP contribution in [0.15, 0.2) is 47.9 Å². The minimum atomic E-state index is -1.21. The molecule has 0 amide bonds.